The van der Waals surface area contributed by atoms with E-state index in [9.17, 15) is 9.18 Å². The van der Waals surface area contributed by atoms with Crippen LogP contribution in [0.3, 0.4) is 0 Å². The molecule has 0 saturated heterocycles. The SMILES string of the molecule is CCC(C(=O)NCCOc1ccc(F)cc1)c1ccccc1. The maximum atomic E-state index is 12.8. The van der Waals surface area contributed by atoms with E-state index in [2.05, 4.69) is 5.32 Å². The smallest absolute Gasteiger partial charge is 0.227 e. The van der Waals surface area contributed by atoms with Gasteiger partial charge in [0.15, 0.2) is 0 Å². The van der Waals surface area contributed by atoms with Crippen molar-refractivity contribution in [2.75, 3.05) is 13.2 Å². The maximum Gasteiger partial charge on any atom is 0.227 e. The van der Waals surface area contributed by atoms with Crippen LogP contribution in [0.5, 0.6) is 5.75 Å². The molecule has 1 unspecified atom stereocenters. The molecule has 0 aliphatic carbocycles. The van der Waals surface area contributed by atoms with E-state index in [-0.39, 0.29) is 17.6 Å². The maximum absolute atomic E-state index is 12.8. The molecule has 1 amide bonds. The molecule has 2 aromatic rings. The number of halogens is 1. The summed E-state index contributed by atoms with van der Waals surface area (Å²) in [7, 11) is 0. The Morgan fingerprint density at radius 1 is 1.14 bits per heavy atom. The number of carbonyl (C=O) groups is 1. The van der Waals surface area contributed by atoms with Crippen LogP contribution in [0.25, 0.3) is 0 Å². The second-order valence-corrected chi connectivity index (χ2v) is 4.96. The zero-order valence-corrected chi connectivity index (χ0v) is 12.6. The molecule has 4 heteroatoms. The minimum atomic E-state index is -0.297. The molecule has 2 aromatic carbocycles. The zero-order chi connectivity index (χ0) is 15.8. The van der Waals surface area contributed by atoms with Gasteiger partial charge in [-0.15, -0.1) is 0 Å². The highest BCUT2D eigenvalue weighted by Gasteiger charge is 2.17. The van der Waals surface area contributed by atoms with Crippen LogP contribution in [-0.2, 0) is 4.79 Å². The van der Waals surface area contributed by atoms with E-state index >= 15 is 0 Å². The molecule has 0 spiro atoms. The molecular formula is C18H20FNO2. The molecule has 0 aliphatic heterocycles. The van der Waals surface area contributed by atoms with E-state index in [1.54, 1.807) is 12.1 Å². The third-order valence-electron chi connectivity index (χ3n) is 3.41. The number of amides is 1. The second-order valence-electron chi connectivity index (χ2n) is 4.96. The quantitative estimate of drug-likeness (QED) is 0.795. The first-order valence-corrected chi connectivity index (χ1v) is 7.41. The first kappa shape index (κ1) is 16.0. The first-order chi connectivity index (χ1) is 10.7. The van der Waals surface area contributed by atoms with Gasteiger partial charge in [-0.25, -0.2) is 4.39 Å². The number of rotatable bonds is 7. The van der Waals surface area contributed by atoms with Gasteiger partial charge in [0.2, 0.25) is 5.91 Å². The van der Waals surface area contributed by atoms with E-state index in [0.29, 0.717) is 18.9 Å². The van der Waals surface area contributed by atoms with Crippen molar-refractivity contribution < 1.29 is 13.9 Å². The summed E-state index contributed by atoms with van der Waals surface area (Å²) in [6.07, 6.45) is 0.745. The molecule has 1 N–H and O–H groups in total. The molecule has 2 rings (SSSR count). The summed E-state index contributed by atoms with van der Waals surface area (Å²) in [5.74, 6) is 0.142. The number of ether oxygens (including phenoxy) is 1. The summed E-state index contributed by atoms with van der Waals surface area (Å²) in [5.41, 5.74) is 1.02. The van der Waals surface area contributed by atoms with Crippen molar-refractivity contribution in [3.63, 3.8) is 0 Å². The molecule has 22 heavy (non-hydrogen) atoms. The number of benzene rings is 2. The molecule has 0 radical (unpaired) electrons. The molecule has 0 bridgehead atoms. The lowest BCUT2D eigenvalue weighted by atomic mass is 9.96. The molecule has 0 aromatic heterocycles. The van der Waals surface area contributed by atoms with Gasteiger partial charge in [-0.05, 0) is 36.2 Å². The van der Waals surface area contributed by atoms with Crippen LogP contribution < -0.4 is 10.1 Å². The Labute approximate surface area is 130 Å². The molecule has 3 nitrogen and oxygen atoms in total. The Kier molecular flexibility index (Phi) is 5.95. The van der Waals surface area contributed by atoms with Crippen LogP contribution in [-0.4, -0.2) is 19.1 Å². The molecule has 0 aliphatic rings. The van der Waals surface area contributed by atoms with E-state index in [1.807, 2.05) is 37.3 Å². The normalized spacial score (nSPS) is 11.7. The summed E-state index contributed by atoms with van der Waals surface area (Å²) in [5, 5.41) is 2.88. The van der Waals surface area contributed by atoms with Crippen LogP contribution in [0.1, 0.15) is 24.8 Å². The monoisotopic (exact) mass is 301 g/mol. The first-order valence-electron chi connectivity index (χ1n) is 7.41. The minimum absolute atomic E-state index is 0.00333. The number of nitrogens with one attached hydrogen (secondary N) is 1. The molecule has 0 fully saturated rings. The van der Waals surface area contributed by atoms with Gasteiger partial charge in [0.25, 0.3) is 0 Å². The molecule has 116 valence electrons. The summed E-state index contributed by atoms with van der Waals surface area (Å²) < 4.78 is 18.2. The van der Waals surface area contributed by atoms with Crippen molar-refractivity contribution in [2.45, 2.75) is 19.3 Å². The zero-order valence-electron chi connectivity index (χ0n) is 12.6. The lowest BCUT2D eigenvalue weighted by Crippen LogP contribution is -2.32. The molecule has 0 heterocycles. The Hall–Kier alpha value is -2.36. The summed E-state index contributed by atoms with van der Waals surface area (Å²) in [6.45, 7) is 2.76. The van der Waals surface area contributed by atoms with Gasteiger partial charge in [0, 0.05) is 0 Å². The van der Waals surface area contributed by atoms with Crippen LogP contribution in [0, 0.1) is 5.82 Å². The van der Waals surface area contributed by atoms with E-state index in [1.165, 1.54) is 12.1 Å². The minimum Gasteiger partial charge on any atom is -0.492 e. The molecule has 1 atom stereocenters. The van der Waals surface area contributed by atoms with Crippen LogP contribution in [0.15, 0.2) is 54.6 Å². The standard InChI is InChI=1S/C18H20FNO2/c1-2-17(14-6-4-3-5-7-14)18(21)20-12-13-22-16-10-8-15(19)9-11-16/h3-11,17H,2,12-13H2,1H3,(H,20,21). The Bertz CT molecular complexity index is 584. The average Bonchev–Trinajstić information content (AvgIpc) is 2.55. The van der Waals surface area contributed by atoms with Crippen molar-refractivity contribution >= 4 is 5.91 Å². The van der Waals surface area contributed by atoms with E-state index in [0.717, 1.165) is 12.0 Å². The largest absolute Gasteiger partial charge is 0.492 e. The van der Waals surface area contributed by atoms with E-state index < -0.39 is 0 Å². The van der Waals surface area contributed by atoms with Gasteiger partial charge in [-0.3, -0.25) is 4.79 Å². The predicted octanol–water partition coefficient (Wildman–Crippen LogP) is 3.51. The number of hydrogen-bond donors (Lipinski definition) is 1. The third-order valence-corrected chi connectivity index (χ3v) is 3.41. The van der Waals surface area contributed by atoms with Crippen molar-refractivity contribution in [1.29, 1.82) is 0 Å². The predicted molar refractivity (Wildman–Crippen MR) is 84.4 cm³/mol. The Morgan fingerprint density at radius 2 is 1.82 bits per heavy atom. The average molecular weight is 301 g/mol. The van der Waals surface area contributed by atoms with Gasteiger partial charge in [-0.1, -0.05) is 37.3 Å². The van der Waals surface area contributed by atoms with Gasteiger partial charge in [0.05, 0.1) is 12.5 Å². The van der Waals surface area contributed by atoms with Gasteiger partial charge < -0.3 is 10.1 Å². The fourth-order valence-electron chi connectivity index (χ4n) is 2.25. The molecule has 0 saturated carbocycles. The third kappa shape index (κ3) is 4.58. The summed E-state index contributed by atoms with van der Waals surface area (Å²) >= 11 is 0. The van der Waals surface area contributed by atoms with Crippen molar-refractivity contribution in [3.05, 3.63) is 66.0 Å². The van der Waals surface area contributed by atoms with Crippen LogP contribution in [0.2, 0.25) is 0 Å². The van der Waals surface area contributed by atoms with E-state index in [4.69, 9.17) is 4.74 Å². The topological polar surface area (TPSA) is 38.3 Å². The Morgan fingerprint density at radius 3 is 2.45 bits per heavy atom. The lowest BCUT2D eigenvalue weighted by molar-refractivity contribution is -0.122. The fraction of sp³-hybridized carbons (Fsp3) is 0.278. The van der Waals surface area contributed by atoms with Crippen molar-refractivity contribution in [1.82, 2.24) is 5.32 Å². The van der Waals surface area contributed by atoms with Gasteiger partial charge in [-0.2, -0.15) is 0 Å². The lowest BCUT2D eigenvalue weighted by Gasteiger charge is -2.15. The van der Waals surface area contributed by atoms with Crippen LogP contribution in [0.4, 0.5) is 4.39 Å². The van der Waals surface area contributed by atoms with Gasteiger partial charge >= 0.3 is 0 Å². The fourth-order valence-corrected chi connectivity index (χ4v) is 2.25. The number of hydrogen-bond acceptors (Lipinski definition) is 2. The highest BCUT2D eigenvalue weighted by atomic mass is 19.1. The van der Waals surface area contributed by atoms with Crippen LogP contribution >= 0.6 is 0 Å². The highest BCUT2D eigenvalue weighted by Crippen LogP contribution is 2.19. The second kappa shape index (κ2) is 8.17. The summed E-state index contributed by atoms with van der Waals surface area (Å²) in [4.78, 5) is 12.2. The highest BCUT2D eigenvalue weighted by molar-refractivity contribution is 5.83. The van der Waals surface area contributed by atoms with Crippen molar-refractivity contribution in [3.8, 4) is 5.75 Å². The van der Waals surface area contributed by atoms with Gasteiger partial charge in [0.1, 0.15) is 18.2 Å². The summed E-state index contributed by atoms with van der Waals surface area (Å²) in [6, 6.07) is 15.5. The Balaban J connectivity index is 1.78. The number of carbonyl (C=O) groups excluding carboxylic acids is 1. The van der Waals surface area contributed by atoms with Crippen molar-refractivity contribution in [2.24, 2.45) is 0 Å². The molecular weight excluding hydrogens is 281 g/mol.